The first-order valence-electron chi connectivity index (χ1n) is 15.0. The van der Waals surface area contributed by atoms with Gasteiger partial charge in [-0.2, -0.15) is 0 Å². The van der Waals surface area contributed by atoms with Gasteiger partial charge in [-0.15, -0.1) is 0 Å². The van der Waals surface area contributed by atoms with Crippen molar-refractivity contribution in [1.82, 2.24) is 0 Å². The second-order valence-electron chi connectivity index (χ2n) is 11.5. The van der Waals surface area contributed by atoms with Crippen LogP contribution in [0.2, 0.25) is 0 Å². The van der Waals surface area contributed by atoms with Crippen LogP contribution in [0.15, 0.2) is 91.0 Å². The average molecular weight is 834 g/mol. The molecule has 54 heavy (non-hydrogen) atoms. The minimum absolute atomic E-state index is 0.240. The van der Waals surface area contributed by atoms with Gasteiger partial charge in [-0.05, 0) is 0 Å². The fourth-order valence-corrected chi connectivity index (χ4v) is 14.3. The topological polar surface area (TPSA) is 9.23 Å². The predicted octanol–water partition coefficient (Wildman–Crippen LogP) is 6.42. The van der Waals surface area contributed by atoms with Crippen molar-refractivity contribution >= 4 is 49.7 Å². The quantitative estimate of drug-likeness (QED) is 0.0745. The normalized spacial score (nSPS) is 12.1. The molecule has 0 bridgehead atoms. The average Bonchev–Trinajstić information content (AvgIpc) is 3.19. The zero-order valence-corrected chi connectivity index (χ0v) is 28.1. The van der Waals surface area contributed by atoms with Crippen molar-refractivity contribution in [3.8, 4) is 0 Å². The molecule has 0 N–H and O–H groups in total. The number of halogens is 15. The molecule has 0 radical (unpaired) electrons. The molecule has 0 aromatic heterocycles. The summed E-state index contributed by atoms with van der Waals surface area (Å²) in [5.41, 5.74) is -8.52. The fourth-order valence-electron chi connectivity index (χ4n) is 6.31. The first-order chi connectivity index (χ1) is 25.5. The molecular weight excluding hydrogens is 819 g/mol. The molecule has 6 aromatic rings. The minimum atomic E-state index is -6.33. The summed E-state index contributed by atoms with van der Waals surface area (Å²) in [4.78, 5) is 0. The van der Waals surface area contributed by atoms with Crippen LogP contribution in [0.4, 0.5) is 65.9 Å². The Morgan fingerprint density at radius 3 is 0.667 bits per heavy atom. The van der Waals surface area contributed by atoms with Crippen molar-refractivity contribution in [2.75, 3.05) is 0 Å². The summed E-state index contributed by atoms with van der Waals surface area (Å²) in [6.07, 6.45) is -6.33. The summed E-state index contributed by atoms with van der Waals surface area (Å²) in [5, 5.41) is 0. The van der Waals surface area contributed by atoms with Crippen LogP contribution >= 0.6 is 0 Å². The zero-order chi connectivity index (χ0) is 39.4. The molecule has 0 aliphatic rings. The summed E-state index contributed by atoms with van der Waals surface area (Å²) < 4.78 is 239. The van der Waals surface area contributed by atoms with Crippen LogP contribution in [0.5, 0.6) is 0 Å². The summed E-state index contributed by atoms with van der Waals surface area (Å²) in [6, 6.07) is 18.5. The van der Waals surface area contributed by atoms with E-state index in [4.69, 9.17) is 3.64 Å². The Morgan fingerprint density at radius 2 is 0.463 bits per heavy atom. The van der Waals surface area contributed by atoms with E-state index in [-0.39, 0.29) is 13.1 Å². The van der Waals surface area contributed by atoms with Crippen LogP contribution in [0.3, 0.4) is 0 Å². The van der Waals surface area contributed by atoms with Crippen LogP contribution in [0.1, 0.15) is 0 Å². The molecule has 0 spiro atoms. The van der Waals surface area contributed by atoms with E-state index < -0.39 is 124 Å². The molecular formula is C36H15AsBF15O. The standard InChI is InChI=1S/C36H15AsBF15O/c39-22-19(23(40)29(46)34(51)28(22)45)38(20-24(41)30(47)35(52)31(48)25(20)42,21-26(43)32(49)36(53)33(50)27(21)44)54-37(16-10-4-1-5-11-16,17-12-6-2-7-13-17)18-14-8-3-9-15-18/h1-15H. The molecule has 0 atom stereocenters. The van der Waals surface area contributed by atoms with E-state index in [9.17, 15) is 13.2 Å². The number of rotatable bonds is 8. The van der Waals surface area contributed by atoms with Crippen LogP contribution in [0, 0.1) is 87.3 Å². The van der Waals surface area contributed by atoms with Crippen LogP contribution in [0.25, 0.3) is 0 Å². The molecule has 278 valence electrons. The summed E-state index contributed by atoms with van der Waals surface area (Å²) in [5.74, 6) is -46.7. The SMILES string of the molecule is Fc1c(F)c(F)c([B-](O[As+](c2ccccc2)(c2ccccc2)c2ccccc2)(c2c(F)c(F)c(F)c(F)c2F)c2c(F)c(F)c(F)c(F)c2F)c(F)c1F. The molecule has 0 heterocycles. The van der Waals surface area contributed by atoms with E-state index in [1.807, 2.05) is 0 Å². The molecule has 0 amide bonds. The summed E-state index contributed by atoms with van der Waals surface area (Å²) >= 11 is -5.94. The first-order valence-corrected chi connectivity index (χ1v) is 18.6. The second-order valence-corrected chi connectivity index (χ2v) is 17.7. The molecule has 18 heteroatoms. The van der Waals surface area contributed by atoms with Crippen molar-refractivity contribution < 1.29 is 69.5 Å². The number of benzene rings is 6. The Bertz CT molecular complexity index is 2080. The molecule has 0 fully saturated rings. The third-order valence-corrected chi connectivity index (χ3v) is 16.4. The van der Waals surface area contributed by atoms with Gasteiger partial charge in [0, 0.05) is 0 Å². The third-order valence-electron chi connectivity index (χ3n) is 8.63. The van der Waals surface area contributed by atoms with Gasteiger partial charge in [0.25, 0.3) is 0 Å². The van der Waals surface area contributed by atoms with Crippen molar-refractivity contribution in [2.24, 2.45) is 0 Å². The summed E-state index contributed by atoms with van der Waals surface area (Å²) in [7, 11) is 0. The molecule has 6 aromatic carbocycles. The Kier molecular flexibility index (Phi) is 10.2. The van der Waals surface area contributed by atoms with E-state index in [0.29, 0.717) is 0 Å². The summed E-state index contributed by atoms with van der Waals surface area (Å²) in [6.45, 7) is 0. The molecule has 0 saturated carbocycles. The molecule has 0 saturated heterocycles. The maximum atomic E-state index is 16.4. The van der Waals surface area contributed by atoms with Crippen LogP contribution < -0.4 is 29.4 Å². The molecule has 1 nitrogen and oxygen atoms in total. The van der Waals surface area contributed by atoms with Gasteiger partial charge in [0.2, 0.25) is 0 Å². The Balaban J connectivity index is 2.05. The predicted molar refractivity (Wildman–Crippen MR) is 168 cm³/mol. The van der Waals surface area contributed by atoms with Gasteiger partial charge < -0.3 is 0 Å². The van der Waals surface area contributed by atoms with Crippen LogP contribution in [-0.4, -0.2) is 20.2 Å². The first kappa shape index (κ1) is 38.6. The Labute approximate surface area is 297 Å². The van der Waals surface area contributed by atoms with Crippen molar-refractivity contribution in [3.63, 3.8) is 0 Å². The van der Waals surface area contributed by atoms with Crippen molar-refractivity contribution in [2.45, 2.75) is 0 Å². The fraction of sp³-hybridized carbons (Fsp3) is 0. The Hall–Kier alpha value is -5.15. The van der Waals surface area contributed by atoms with Gasteiger partial charge in [0.05, 0.1) is 0 Å². The molecule has 0 aliphatic carbocycles. The Morgan fingerprint density at radius 1 is 0.278 bits per heavy atom. The molecule has 0 aliphatic heterocycles. The monoisotopic (exact) mass is 834 g/mol. The number of hydrogen-bond donors (Lipinski definition) is 0. The van der Waals surface area contributed by atoms with E-state index in [2.05, 4.69) is 0 Å². The van der Waals surface area contributed by atoms with Crippen molar-refractivity contribution in [1.29, 1.82) is 0 Å². The van der Waals surface area contributed by atoms with Gasteiger partial charge in [0.15, 0.2) is 0 Å². The van der Waals surface area contributed by atoms with E-state index >= 15 is 52.7 Å². The van der Waals surface area contributed by atoms with Gasteiger partial charge in [-0.25, -0.2) is 0 Å². The van der Waals surface area contributed by atoms with E-state index in [1.165, 1.54) is 54.6 Å². The third kappa shape index (κ3) is 5.58. The number of hydrogen-bond acceptors (Lipinski definition) is 1. The molecule has 0 unspecified atom stereocenters. The van der Waals surface area contributed by atoms with Gasteiger partial charge >= 0.3 is 297 Å². The van der Waals surface area contributed by atoms with E-state index in [1.54, 1.807) is 0 Å². The van der Waals surface area contributed by atoms with Crippen LogP contribution in [-0.2, 0) is 3.64 Å². The van der Waals surface area contributed by atoms with Gasteiger partial charge in [-0.3, -0.25) is 0 Å². The van der Waals surface area contributed by atoms with Gasteiger partial charge in [-0.1, -0.05) is 0 Å². The van der Waals surface area contributed by atoms with Crippen molar-refractivity contribution in [3.05, 3.63) is 178 Å². The van der Waals surface area contributed by atoms with E-state index in [0.717, 1.165) is 36.4 Å². The van der Waals surface area contributed by atoms with Gasteiger partial charge in [0.1, 0.15) is 0 Å². The second kappa shape index (κ2) is 14.3. The molecule has 6 rings (SSSR count). The zero-order valence-electron chi connectivity index (χ0n) is 26.3. The maximum absolute atomic E-state index is 16.4.